The van der Waals surface area contributed by atoms with E-state index in [0.717, 1.165) is 61.5 Å². The second-order valence-corrected chi connectivity index (χ2v) is 15.3. The molecular weight excluding hydrogens is 683 g/mol. The van der Waals surface area contributed by atoms with Crippen molar-refractivity contribution in [2.45, 2.75) is 19.3 Å². The molecule has 3 nitrogen and oxygen atoms in total. The first-order valence-electron chi connectivity index (χ1n) is 19.2. The molecule has 0 fully saturated rings. The Morgan fingerprint density at radius 1 is 0.393 bits per heavy atom. The van der Waals surface area contributed by atoms with Gasteiger partial charge in [-0.05, 0) is 99.6 Å². The van der Waals surface area contributed by atoms with Crippen LogP contribution < -0.4 is 4.90 Å². The fourth-order valence-electron chi connectivity index (χ4n) is 8.92. The number of fused-ring (bicyclic) bond motifs is 8. The molecule has 0 radical (unpaired) electrons. The van der Waals surface area contributed by atoms with E-state index in [-0.39, 0.29) is 5.41 Å². The van der Waals surface area contributed by atoms with Gasteiger partial charge in [0.15, 0.2) is 0 Å². The summed E-state index contributed by atoms with van der Waals surface area (Å²) in [5.74, 6) is 1.00. The standard InChI is InChI=1S/C53H37NO2/c1-53(2)46-33-38(25-32-43(46)52-51(53)45-14-7-9-17-48(45)56-52)36-21-28-40(29-22-36)54(39-26-19-35(20-27-39)34-11-4-3-5-12-34)41-30-23-37(24-31-41)42-15-10-18-49-50(42)44-13-6-8-16-47(44)55-49/h3-33H,1-2H3. The molecule has 0 saturated heterocycles. The molecule has 0 atom stereocenters. The van der Waals surface area contributed by atoms with Crippen LogP contribution in [0.2, 0.25) is 0 Å². The van der Waals surface area contributed by atoms with E-state index < -0.39 is 0 Å². The zero-order chi connectivity index (χ0) is 37.4. The largest absolute Gasteiger partial charge is 0.456 e. The minimum atomic E-state index is -0.168. The minimum absolute atomic E-state index is 0.168. The molecule has 1 aliphatic rings. The lowest BCUT2D eigenvalue weighted by Crippen LogP contribution is -2.15. The van der Waals surface area contributed by atoms with Gasteiger partial charge in [-0.3, -0.25) is 0 Å². The second-order valence-electron chi connectivity index (χ2n) is 15.3. The first-order chi connectivity index (χ1) is 27.5. The van der Waals surface area contributed by atoms with Crippen LogP contribution in [0.5, 0.6) is 0 Å². The summed E-state index contributed by atoms with van der Waals surface area (Å²) in [6, 6.07) is 67.1. The molecule has 0 aliphatic heterocycles. The summed E-state index contributed by atoms with van der Waals surface area (Å²) in [4.78, 5) is 2.34. The van der Waals surface area contributed by atoms with E-state index in [1.54, 1.807) is 0 Å². The van der Waals surface area contributed by atoms with Crippen LogP contribution in [0.4, 0.5) is 17.1 Å². The number of anilines is 3. The van der Waals surface area contributed by atoms with E-state index in [4.69, 9.17) is 8.83 Å². The quantitative estimate of drug-likeness (QED) is 0.171. The number of para-hydroxylation sites is 2. The molecule has 0 bridgehead atoms. The van der Waals surface area contributed by atoms with Gasteiger partial charge in [-0.15, -0.1) is 0 Å². The highest BCUT2D eigenvalue weighted by Gasteiger charge is 2.40. The zero-order valence-corrected chi connectivity index (χ0v) is 31.2. The predicted molar refractivity (Wildman–Crippen MR) is 232 cm³/mol. The Hall–Kier alpha value is -7.10. The highest BCUT2D eigenvalue weighted by Crippen LogP contribution is 2.53. The van der Waals surface area contributed by atoms with Crippen LogP contribution in [0, 0.1) is 0 Å². The molecule has 0 unspecified atom stereocenters. The first kappa shape index (κ1) is 32.3. The molecule has 0 amide bonds. The summed E-state index contributed by atoms with van der Waals surface area (Å²) in [5.41, 5.74) is 16.7. The van der Waals surface area contributed by atoms with Gasteiger partial charge in [-0.25, -0.2) is 0 Å². The molecule has 0 saturated carbocycles. The third kappa shape index (κ3) is 5.05. The summed E-state index contributed by atoms with van der Waals surface area (Å²) in [5, 5.41) is 3.48. The van der Waals surface area contributed by atoms with E-state index in [1.807, 2.05) is 18.2 Å². The van der Waals surface area contributed by atoms with E-state index in [1.165, 1.54) is 44.3 Å². The topological polar surface area (TPSA) is 29.5 Å². The molecule has 11 rings (SSSR count). The highest BCUT2D eigenvalue weighted by molar-refractivity contribution is 6.12. The Bertz CT molecular complexity index is 3080. The van der Waals surface area contributed by atoms with Crippen LogP contribution in [0.25, 0.3) is 77.6 Å². The van der Waals surface area contributed by atoms with E-state index >= 15 is 0 Å². The number of benzene rings is 8. The maximum Gasteiger partial charge on any atom is 0.139 e. The van der Waals surface area contributed by atoms with Crippen molar-refractivity contribution in [2.75, 3.05) is 4.90 Å². The van der Waals surface area contributed by atoms with Crippen molar-refractivity contribution in [3.63, 3.8) is 0 Å². The Labute approximate surface area is 325 Å². The molecular formula is C53H37NO2. The van der Waals surface area contributed by atoms with Crippen LogP contribution in [0.3, 0.4) is 0 Å². The van der Waals surface area contributed by atoms with Gasteiger partial charge in [0.05, 0.1) is 0 Å². The van der Waals surface area contributed by atoms with Crippen LogP contribution in [0.1, 0.15) is 25.0 Å². The van der Waals surface area contributed by atoms with Gasteiger partial charge in [0.25, 0.3) is 0 Å². The Balaban J connectivity index is 0.971. The molecule has 56 heavy (non-hydrogen) atoms. The van der Waals surface area contributed by atoms with Crippen molar-refractivity contribution in [1.29, 1.82) is 0 Å². The van der Waals surface area contributed by atoms with Gasteiger partial charge in [0.2, 0.25) is 0 Å². The summed E-state index contributed by atoms with van der Waals surface area (Å²) in [7, 11) is 0. The number of hydrogen-bond donors (Lipinski definition) is 0. The predicted octanol–water partition coefficient (Wildman–Crippen LogP) is 15.1. The number of furan rings is 2. The second kappa shape index (κ2) is 12.5. The molecule has 2 heterocycles. The Kier molecular flexibility index (Phi) is 7.20. The van der Waals surface area contributed by atoms with E-state index in [2.05, 4.69) is 189 Å². The number of nitrogens with zero attached hydrogens (tertiary/aromatic N) is 1. The summed E-state index contributed by atoms with van der Waals surface area (Å²) in [6.45, 7) is 4.63. The van der Waals surface area contributed by atoms with E-state index in [9.17, 15) is 0 Å². The third-order valence-corrected chi connectivity index (χ3v) is 11.7. The number of hydrogen-bond acceptors (Lipinski definition) is 3. The molecule has 8 aromatic carbocycles. The third-order valence-electron chi connectivity index (χ3n) is 11.7. The van der Waals surface area contributed by atoms with Crippen LogP contribution >= 0.6 is 0 Å². The van der Waals surface area contributed by atoms with Gasteiger partial charge in [0.1, 0.15) is 22.5 Å². The van der Waals surface area contributed by atoms with Gasteiger partial charge in [-0.2, -0.15) is 0 Å². The molecule has 10 aromatic rings. The van der Waals surface area contributed by atoms with Gasteiger partial charge in [-0.1, -0.05) is 141 Å². The smallest absolute Gasteiger partial charge is 0.139 e. The summed E-state index contributed by atoms with van der Waals surface area (Å²) in [6.07, 6.45) is 0. The fourth-order valence-corrected chi connectivity index (χ4v) is 8.92. The lowest BCUT2D eigenvalue weighted by molar-refractivity contribution is 0.619. The fraction of sp³-hybridized carbons (Fsp3) is 0.0566. The summed E-state index contributed by atoms with van der Waals surface area (Å²) >= 11 is 0. The molecule has 2 aromatic heterocycles. The number of rotatable bonds is 6. The van der Waals surface area contributed by atoms with Gasteiger partial charge >= 0.3 is 0 Å². The van der Waals surface area contributed by atoms with Gasteiger partial charge in [0, 0.05) is 49.8 Å². The van der Waals surface area contributed by atoms with Gasteiger partial charge < -0.3 is 13.7 Å². The molecule has 0 N–H and O–H groups in total. The Morgan fingerprint density at radius 3 is 1.59 bits per heavy atom. The average molecular weight is 720 g/mol. The highest BCUT2D eigenvalue weighted by atomic mass is 16.3. The van der Waals surface area contributed by atoms with Crippen molar-refractivity contribution >= 4 is 50.0 Å². The maximum atomic E-state index is 6.43. The lowest BCUT2D eigenvalue weighted by atomic mass is 9.80. The van der Waals surface area contributed by atoms with Crippen molar-refractivity contribution in [3.8, 4) is 44.7 Å². The maximum absolute atomic E-state index is 6.43. The molecule has 266 valence electrons. The minimum Gasteiger partial charge on any atom is -0.456 e. The monoisotopic (exact) mass is 719 g/mol. The molecule has 1 aliphatic carbocycles. The average Bonchev–Trinajstić information content (AvgIpc) is 3.90. The normalized spacial score (nSPS) is 13.0. The summed E-state index contributed by atoms with van der Waals surface area (Å²) < 4.78 is 12.7. The van der Waals surface area contributed by atoms with Crippen LogP contribution in [-0.2, 0) is 5.41 Å². The zero-order valence-electron chi connectivity index (χ0n) is 31.2. The molecule has 0 spiro atoms. The SMILES string of the molecule is CC1(C)c2cc(-c3ccc(N(c4ccc(-c5ccccc5)cc4)c4ccc(-c5cccc6oc7ccccc7c56)cc4)cc3)ccc2-c2oc3ccccc3c21. The van der Waals surface area contributed by atoms with E-state index in [0.29, 0.717) is 0 Å². The van der Waals surface area contributed by atoms with Crippen molar-refractivity contribution in [1.82, 2.24) is 0 Å². The van der Waals surface area contributed by atoms with Crippen molar-refractivity contribution in [3.05, 3.63) is 199 Å². The van der Waals surface area contributed by atoms with Crippen molar-refractivity contribution in [2.24, 2.45) is 0 Å². The molecule has 3 heteroatoms. The van der Waals surface area contributed by atoms with Crippen molar-refractivity contribution < 1.29 is 8.83 Å². The first-order valence-corrected chi connectivity index (χ1v) is 19.2. The lowest BCUT2D eigenvalue weighted by Gasteiger charge is -2.26. The van der Waals surface area contributed by atoms with Crippen LogP contribution in [0.15, 0.2) is 197 Å². The van der Waals surface area contributed by atoms with Crippen LogP contribution in [-0.4, -0.2) is 0 Å². The Morgan fingerprint density at radius 2 is 0.911 bits per heavy atom.